The van der Waals surface area contributed by atoms with Gasteiger partial charge in [0.1, 0.15) is 11.6 Å². The molecule has 0 radical (unpaired) electrons. The Balaban J connectivity index is 0.000000168. The Morgan fingerprint density at radius 2 is 0.929 bits per heavy atom. The molecule has 0 amide bonds. The minimum atomic E-state index is 0.146. The number of pyridine rings is 2. The van der Waals surface area contributed by atoms with Crippen molar-refractivity contribution in [1.82, 2.24) is 9.97 Å². The van der Waals surface area contributed by atoms with Crippen molar-refractivity contribution in [3.8, 4) is 0 Å². The molecular weight excluding hydrogens is 524 g/mol. The molecule has 0 N–H and O–H groups in total. The summed E-state index contributed by atoms with van der Waals surface area (Å²) in [6.07, 6.45) is 8.18. The molecule has 0 spiro atoms. The van der Waals surface area contributed by atoms with Gasteiger partial charge in [-0.05, 0) is 61.1 Å². The van der Waals surface area contributed by atoms with Crippen LogP contribution in [-0.2, 0) is 45.1 Å². The maximum Gasteiger partial charge on any atom is 0.142 e. The summed E-state index contributed by atoms with van der Waals surface area (Å²) in [5.74, 6) is 0.863. The van der Waals surface area contributed by atoms with Crippen LogP contribution in [0.1, 0.15) is 48.2 Å². The molecule has 6 heteroatoms. The van der Waals surface area contributed by atoms with Gasteiger partial charge in [-0.3, -0.25) is 19.6 Å². The first-order chi connectivity index (χ1) is 20.6. The molecule has 216 valence electrons. The van der Waals surface area contributed by atoms with Crippen LogP contribution in [0.4, 0.5) is 0 Å². The van der Waals surface area contributed by atoms with E-state index >= 15 is 0 Å². The van der Waals surface area contributed by atoms with Crippen LogP contribution in [-0.4, -0.2) is 33.7 Å². The molecule has 0 aliphatic heterocycles. The lowest BCUT2D eigenvalue weighted by Crippen LogP contribution is -2.37. The van der Waals surface area contributed by atoms with E-state index in [1.54, 1.807) is 12.4 Å². The topological polar surface area (TPSA) is 78.4 Å². The summed E-state index contributed by atoms with van der Waals surface area (Å²) in [6, 6.07) is 31.7. The molecular formula is C36H38N2O4. The number of rotatable bonds is 12. The van der Waals surface area contributed by atoms with Gasteiger partial charge >= 0.3 is 0 Å². The molecule has 0 bridgehead atoms. The second-order valence-electron chi connectivity index (χ2n) is 11.1. The number of benzene rings is 2. The number of carbonyl (C=O) groups excluding carboxylic acids is 2. The van der Waals surface area contributed by atoms with Crippen molar-refractivity contribution >= 4 is 11.6 Å². The zero-order chi connectivity index (χ0) is 29.0. The number of aromatic nitrogens is 2. The standard InChI is InChI=1S/2C18H19NO2/c2*20-18(12-16-8-4-5-9-19-16)15-10-17(11-15)21-13-14-6-2-1-3-7-14/h2*1-9,15,17H,10-13H2. The summed E-state index contributed by atoms with van der Waals surface area (Å²) in [5, 5.41) is 0. The van der Waals surface area contributed by atoms with Crippen molar-refractivity contribution in [2.24, 2.45) is 11.8 Å². The van der Waals surface area contributed by atoms with Crippen LogP contribution in [0.3, 0.4) is 0 Å². The second kappa shape index (κ2) is 15.3. The van der Waals surface area contributed by atoms with Crippen molar-refractivity contribution in [2.45, 2.75) is 63.9 Å². The average molecular weight is 563 g/mol. The number of hydrogen-bond acceptors (Lipinski definition) is 6. The molecule has 2 aliphatic rings. The van der Waals surface area contributed by atoms with Crippen molar-refractivity contribution in [3.05, 3.63) is 132 Å². The van der Waals surface area contributed by atoms with Crippen molar-refractivity contribution in [1.29, 1.82) is 0 Å². The lowest BCUT2D eigenvalue weighted by atomic mass is 9.78. The Labute approximate surface area is 248 Å². The first kappa shape index (κ1) is 29.5. The number of hydrogen-bond donors (Lipinski definition) is 0. The first-order valence-electron chi connectivity index (χ1n) is 14.8. The minimum absolute atomic E-state index is 0.146. The van der Waals surface area contributed by atoms with Crippen molar-refractivity contribution in [3.63, 3.8) is 0 Å². The molecule has 42 heavy (non-hydrogen) atoms. The molecule has 2 saturated carbocycles. The van der Waals surface area contributed by atoms with Gasteiger partial charge < -0.3 is 9.47 Å². The van der Waals surface area contributed by atoms with E-state index in [1.165, 1.54) is 11.1 Å². The van der Waals surface area contributed by atoms with Crippen LogP contribution in [0.15, 0.2) is 109 Å². The summed E-state index contributed by atoms with van der Waals surface area (Å²) in [7, 11) is 0. The van der Waals surface area contributed by atoms with E-state index < -0.39 is 0 Å². The zero-order valence-corrected chi connectivity index (χ0v) is 23.9. The van der Waals surface area contributed by atoms with Crippen LogP contribution >= 0.6 is 0 Å². The molecule has 2 heterocycles. The fourth-order valence-corrected chi connectivity index (χ4v) is 5.16. The van der Waals surface area contributed by atoms with Gasteiger partial charge in [-0.2, -0.15) is 0 Å². The van der Waals surface area contributed by atoms with Gasteiger partial charge in [-0.1, -0.05) is 72.8 Å². The fourth-order valence-electron chi connectivity index (χ4n) is 5.16. The quantitative estimate of drug-likeness (QED) is 0.199. The Morgan fingerprint density at radius 1 is 0.548 bits per heavy atom. The van der Waals surface area contributed by atoms with E-state index in [4.69, 9.17) is 9.47 Å². The minimum Gasteiger partial charge on any atom is -0.373 e. The normalized spacial score (nSPS) is 20.8. The number of ketones is 2. The van der Waals surface area contributed by atoms with Gasteiger partial charge in [-0.25, -0.2) is 0 Å². The lowest BCUT2D eigenvalue weighted by molar-refractivity contribution is -0.132. The summed E-state index contributed by atoms with van der Waals surface area (Å²) < 4.78 is 11.7. The molecule has 2 fully saturated rings. The van der Waals surface area contributed by atoms with Gasteiger partial charge in [0, 0.05) is 48.5 Å². The van der Waals surface area contributed by atoms with Gasteiger partial charge in [0.2, 0.25) is 0 Å². The van der Waals surface area contributed by atoms with Crippen LogP contribution < -0.4 is 0 Å². The van der Waals surface area contributed by atoms with Gasteiger partial charge in [-0.15, -0.1) is 0 Å². The monoisotopic (exact) mass is 562 g/mol. The maximum atomic E-state index is 12.1. The fraction of sp³-hybridized carbons (Fsp3) is 0.333. The highest BCUT2D eigenvalue weighted by Crippen LogP contribution is 2.33. The average Bonchev–Trinajstić information content (AvgIpc) is 2.98. The molecule has 2 aromatic heterocycles. The number of Topliss-reactive ketones (excluding diaryl/α,β-unsaturated/α-hetero) is 2. The van der Waals surface area contributed by atoms with Gasteiger partial charge in [0.25, 0.3) is 0 Å². The lowest BCUT2D eigenvalue weighted by Gasteiger charge is -2.34. The van der Waals surface area contributed by atoms with Crippen LogP contribution in [0.2, 0.25) is 0 Å². The molecule has 4 aromatic rings. The predicted molar refractivity (Wildman–Crippen MR) is 161 cm³/mol. The molecule has 2 aliphatic carbocycles. The van der Waals surface area contributed by atoms with E-state index in [1.807, 2.05) is 72.8 Å². The van der Waals surface area contributed by atoms with Crippen LogP contribution in [0.5, 0.6) is 0 Å². The molecule has 2 aromatic carbocycles. The smallest absolute Gasteiger partial charge is 0.142 e. The number of ether oxygens (including phenoxy) is 2. The molecule has 6 rings (SSSR count). The third-order valence-corrected chi connectivity index (χ3v) is 7.92. The van der Waals surface area contributed by atoms with E-state index in [2.05, 4.69) is 34.2 Å². The predicted octanol–water partition coefficient (Wildman–Crippen LogP) is 6.38. The third-order valence-electron chi connectivity index (χ3n) is 7.92. The van der Waals surface area contributed by atoms with Crippen LogP contribution in [0.25, 0.3) is 0 Å². The largest absolute Gasteiger partial charge is 0.373 e. The highest BCUT2D eigenvalue weighted by atomic mass is 16.5. The van der Waals surface area contributed by atoms with E-state index in [0.29, 0.717) is 26.1 Å². The first-order valence-corrected chi connectivity index (χ1v) is 14.8. The van der Waals surface area contributed by atoms with Crippen molar-refractivity contribution < 1.29 is 19.1 Å². The molecule has 0 atom stereocenters. The highest BCUT2D eigenvalue weighted by molar-refractivity contribution is 5.84. The number of carbonyl (C=O) groups is 2. The summed E-state index contributed by atoms with van der Waals surface area (Å²) in [5.41, 5.74) is 4.08. The van der Waals surface area contributed by atoms with Gasteiger partial charge in [0.05, 0.1) is 25.4 Å². The number of nitrogens with zero attached hydrogens (tertiary/aromatic N) is 2. The molecule has 6 nitrogen and oxygen atoms in total. The maximum absolute atomic E-state index is 12.1. The Kier molecular flexibility index (Phi) is 10.7. The second-order valence-corrected chi connectivity index (χ2v) is 11.1. The molecule has 0 unspecified atom stereocenters. The van der Waals surface area contributed by atoms with Crippen molar-refractivity contribution in [2.75, 3.05) is 0 Å². The Morgan fingerprint density at radius 3 is 1.29 bits per heavy atom. The zero-order valence-electron chi connectivity index (χ0n) is 23.9. The summed E-state index contributed by atoms with van der Waals surface area (Å²) in [6.45, 7) is 1.26. The molecule has 0 saturated heterocycles. The van der Waals surface area contributed by atoms with E-state index in [0.717, 1.165) is 37.1 Å². The third kappa shape index (κ3) is 9.00. The summed E-state index contributed by atoms with van der Waals surface area (Å²) >= 11 is 0. The Hall–Kier alpha value is -4.00. The van der Waals surface area contributed by atoms with Crippen LogP contribution in [0, 0.1) is 11.8 Å². The van der Waals surface area contributed by atoms with E-state index in [9.17, 15) is 9.59 Å². The summed E-state index contributed by atoms with van der Waals surface area (Å²) in [4.78, 5) is 32.6. The highest BCUT2D eigenvalue weighted by Gasteiger charge is 2.35. The SMILES string of the molecule is O=C(Cc1ccccn1)C1CC(OCc2ccccc2)C1.O=C(Cc1ccccn1)C1CC(OCc2ccccc2)C1. The van der Waals surface area contributed by atoms with Gasteiger partial charge in [0.15, 0.2) is 0 Å². The van der Waals surface area contributed by atoms with E-state index in [-0.39, 0.29) is 35.6 Å². The Bertz CT molecular complexity index is 1260.